The maximum atomic E-state index is 11.8. The molecule has 2 aliphatic carbocycles. The molecule has 0 bridgehead atoms. The summed E-state index contributed by atoms with van der Waals surface area (Å²) < 4.78 is 5.59. The number of hydrogen-bond donors (Lipinski definition) is 1. The van der Waals surface area contributed by atoms with E-state index in [9.17, 15) is 9.90 Å². The molecule has 0 radical (unpaired) electrons. The molecule has 1 N–H and O–H groups in total. The fourth-order valence-electron chi connectivity index (χ4n) is 3.62. The van der Waals surface area contributed by atoms with E-state index in [0.717, 1.165) is 24.0 Å². The Balaban J connectivity index is 2.08. The predicted molar refractivity (Wildman–Crippen MR) is 67.8 cm³/mol. The van der Waals surface area contributed by atoms with Crippen molar-refractivity contribution in [3.63, 3.8) is 0 Å². The van der Waals surface area contributed by atoms with Gasteiger partial charge >= 0.3 is 5.97 Å². The minimum absolute atomic E-state index is 0.0500. The summed E-state index contributed by atoms with van der Waals surface area (Å²) in [4.78, 5) is 11.8. The molecule has 0 aromatic carbocycles. The van der Waals surface area contributed by atoms with E-state index < -0.39 is 5.60 Å². The van der Waals surface area contributed by atoms with Gasteiger partial charge in [-0.05, 0) is 44.3 Å². The molecular formula is C15H20O3. The van der Waals surface area contributed by atoms with Crippen molar-refractivity contribution >= 4 is 5.97 Å². The van der Waals surface area contributed by atoms with Crippen LogP contribution >= 0.6 is 0 Å². The van der Waals surface area contributed by atoms with Gasteiger partial charge in [-0.3, -0.25) is 4.79 Å². The van der Waals surface area contributed by atoms with Crippen LogP contribution < -0.4 is 0 Å². The van der Waals surface area contributed by atoms with E-state index in [4.69, 9.17) is 4.74 Å². The van der Waals surface area contributed by atoms with Crippen molar-refractivity contribution in [2.24, 2.45) is 11.8 Å². The Hall–Kier alpha value is -1.09. The summed E-state index contributed by atoms with van der Waals surface area (Å²) in [6.07, 6.45) is 4.39. The van der Waals surface area contributed by atoms with Crippen LogP contribution in [0.2, 0.25) is 0 Å². The second-order valence-corrected chi connectivity index (χ2v) is 6.14. The van der Waals surface area contributed by atoms with Crippen LogP contribution in [0.5, 0.6) is 0 Å². The van der Waals surface area contributed by atoms with E-state index in [1.54, 1.807) is 0 Å². The third kappa shape index (κ3) is 1.50. The van der Waals surface area contributed by atoms with E-state index in [1.807, 2.05) is 13.8 Å². The largest absolute Gasteiger partial charge is 0.457 e. The van der Waals surface area contributed by atoms with Crippen LogP contribution in [-0.4, -0.2) is 22.8 Å². The maximum Gasteiger partial charge on any atom is 0.309 e. The smallest absolute Gasteiger partial charge is 0.309 e. The van der Waals surface area contributed by atoms with Gasteiger partial charge in [0.05, 0.1) is 11.5 Å². The van der Waals surface area contributed by atoms with E-state index in [0.29, 0.717) is 6.42 Å². The summed E-state index contributed by atoms with van der Waals surface area (Å²) in [6.45, 7) is 5.90. The number of rotatable bonds is 0. The molecule has 3 aliphatic rings. The molecule has 3 heteroatoms. The van der Waals surface area contributed by atoms with Crippen LogP contribution in [0.25, 0.3) is 0 Å². The van der Waals surface area contributed by atoms with Crippen LogP contribution in [-0.2, 0) is 9.53 Å². The Kier molecular flexibility index (Phi) is 2.46. The fourth-order valence-corrected chi connectivity index (χ4v) is 3.62. The fraction of sp³-hybridized carbons (Fsp3) is 0.667. The highest BCUT2D eigenvalue weighted by molar-refractivity contribution is 5.76. The van der Waals surface area contributed by atoms with Crippen molar-refractivity contribution in [3.8, 4) is 0 Å². The molecule has 1 aliphatic heterocycles. The van der Waals surface area contributed by atoms with Crippen molar-refractivity contribution in [1.29, 1.82) is 0 Å². The van der Waals surface area contributed by atoms with Gasteiger partial charge in [0.15, 0.2) is 0 Å². The topological polar surface area (TPSA) is 46.5 Å². The van der Waals surface area contributed by atoms with Gasteiger partial charge < -0.3 is 9.84 Å². The first-order valence-electron chi connectivity index (χ1n) is 6.75. The van der Waals surface area contributed by atoms with E-state index in [-0.39, 0.29) is 23.9 Å². The Morgan fingerprint density at radius 1 is 1.50 bits per heavy atom. The van der Waals surface area contributed by atoms with Crippen LogP contribution in [0, 0.1) is 11.8 Å². The van der Waals surface area contributed by atoms with E-state index in [1.165, 1.54) is 5.57 Å². The van der Waals surface area contributed by atoms with Crippen LogP contribution in [0.1, 0.15) is 40.0 Å². The van der Waals surface area contributed by atoms with Crippen LogP contribution in [0.15, 0.2) is 22.8 Å². The van der Waals surface area contributed by atoms with Gasteiger partial charge in [-0.2, -0.15) is 0 Å². The summed E-state index contributed by atoms with van der Waals surface area (Å²) >= 11 is 0. The molecule has 0 aromatic rings. The van der Waals surface area contributed by atoms with Crippen molar-refractivity contribution in [2.45, 2.75) is 51.7 Å². The molecular weight excluding hydrogens is 228 g/mol. The Bertz CT molecular complexity index is 470. The van der Waals surface area contributed by atoms with Gasteiger partial charge in [0.1, 0.15) is 6.10 Å². The highest BCUT2D eigenvalue weighted by Gasteiger charge is 2.50. The molecule has 0 unspecified atom stereocenters. The number of aliphatic hydroxyl groups is 1. The van der Waals surface area contributed by atoms with Crippen molar-refractivity contribution < 1.29 is 14.6 Å². The summed E-state index contributed by atoms with van der Waals surface area (Å²) in [5.74, 6) is 0.0852. The van der Waals surface area contributed by atoms with Gasteiger partial charge in [-0.1, -0.05) is 18.6 Å². The number of hydrogen-bond acceptors (Lipinski definition) is 3. The van der Waals surface area contributed by atoms with Crippen molar-refractivity contribution in [1.82, 2.24) is 0 Å². The zero-order valence-corrected chi connectivity index (χ0v) is 11.2. The zero-order valence-electron chi connectivity index (χ0n) is 11.2. The molecule has 3 rings (SSSR count). The average molecular weight is 248 g/mol. The maximum absolute atomic E-state index is 11.8. The summed E-state index contributed by atoms with van der Waals surface area (Å²) in [5, 5.41) is 10.6. The predicted octanol–water partition coefficient (Wildman–Crippen LogP) is 2.36. The van der Waals surface area contributed by atoms with Crippen molar-refractivity contribution in [2.75, 3.05) is 0 Å². The second-order valence-electron chi connectivity index (χ2n) is 6.14. The molecule has 1 saturated heterocycles. The van der Waals surface area contributed by atoms with E-state index in [2.05, 4.69) is 13.0 Å². The van der Waals surface area contributed by atoms with E-state index >= 15 is 0 Å². The number of fused-ring (bicyclic) bond motifs is 3. The number of carbonyl (C=O) groups excluding carboxylic acids is 1. The van der Waals surface area contributed by atoms with Crippen LogP contribution in [0.3, 0.4) is 0 Å². The normalized spacial score (nSPS) is 43.2. The van der Waals surface area contributed by atoms with Gasteiger partial charge in [0, 0.05) is 5.92 Å². The van der Waals surface area contributed by atoms with Gasteiger partial charge in [-0.15, -0.1) is 0 Å². The first-order valence-corrected chi connectivity index (χ1v) is 6.75. The summed E-state index contributed by atoms with van der Waals surface area (Å²) in [6, 6.07) is 0. The Labute approximate surface area is 108 Å². The zero-order chi connectivity index (χ0) is 13.1. The molecule has 0 aromatic heterocycles. The lowest BCUT2D eigenvalue weighted by Gasteiger charge is -2.25. The molecule has 98 valence electrons. The molecule has 4 atom stereocenters. The molecule has 0 spiro atoms. The van der Waals surface area contributed by atoms with Gasteiger partial charge in [0.2, 0.25) is 0 Å². The lowest BCUT2D eigenvalue weighted by Crippen LogP contribution is -2.27. The Morgan fingerprint density at radius 3 is 2.94 bits per heavy atom. The average Bonchev–Trinajstić information content (AvgIpc) is 2.76. The monoisotopic (exact) mass is 248 g/mol. The first kappa shape index (κ1) is 12.0. The third-order valence-corrected chi connectivity index (χ3v) is 4.84. The van der Waals surface area contributed by atoms with Gasteiger partial charge in [-0.25, -0.2) is 0 Å². The Morgan fingerprint density at radius 2 is 2.22 bits per heavy atom. The first-order chi connectivity index (χ1) is 8.42. The lowest BCUT2D eigenvalue weighted by atomic mass is 9.85. The van der Waals surface area contributed by atoms with Crippen molar-refractivity contribution in [3.05, 3.63) is 22.8 Å². The second kappa shape index (κ2) is 3.70. The van der Waals surface area contributed by atoms with Crippen LogP contribution in [0.4, 0.5) is 0 Å². The highest BCUT2D eigenvalue weighted by Crippen LogP contribution is 2.49. The molecule has 1 saturated carbocycles. The molecule has 0 amide bonds. The minimum atomic E-state index is -0.774. The number of esters is 1. The van der Waals surface area contributed by atoms with Gasteiger partial charge in [0.25, 0.3) is 0 Å². The third-order valence-electron chi connectivity index (χ3n) is 4.84. The molecule has 18 heavy (non-hydrogen) atoms. The number of carbonyl (C=O) groups is 1. The molecule has 3 nitrogen and oxygen atoms in total. The number of ether oxygens (including phenoxy) is 1. The molecule has 1 heterocycles. The lowest BCUT2D eigenvalue weighted by molar-refractivity contribution is -0.142. The number of allylic oxidation sites excluding steroid dienone is 2. The highest BCUT2D eigenvalue weighted by atomic mass is 16.6. The summed E-state index contributed by atoms with van der Waals surface area (Å²) in [7, 11) is 0. The minimum Gasteiger partial charge on any atom is -0.457 e. The standard InChI is InChI=1S/C15H20O3/c1-8-4-5-11-12(8)13-10(6-7-15(11,3)17)9(2)14(16)18-13/h5,9-10,13,17H,4,6-7H2,1-3H3/t9-,10-,13-,15-/m0/s1. The SMILES string of the molecule is CC1=C2C(=CC1)[C@@](C)(O)CC[C@H]1[C@H](C)C(=O)O[C@H]21. The molecule has 2 fully saturated rings. The summed E-state index contributed by atoms with van der Waals surface area (Å²) in [5.41, 5.74) is 2.56. The quantitative estimate of drug-likeness (QED) is 0.669.